The number of para-hydroxylation sites is 2. The zero-order chi connectivity index (χ0) is 32.2. The molecule has 2 aromatic heterocycles. The molecule has 2 saturated heterocycles. The van der Waals surface area contributed by atoms with Gasteiger partial charge in [-0.1, -0.05) is 60.7 Å². The number of H-pyrrole nitrogens is 1. The zero-order valence-corrected chi connectivity index (χ0v) is 26.1. The molecular weight excluding hydrogens is 594 g/mol. The molecule has 5 aromatic rings. The molecule has 47 heavy (non-hydrogen) atoms. The SMILES string of the molecule is O=C(NCc1ccc([C@H]2O[C@@H](CN3CCC(n4c(=O)[nH]c5ccccc54)CC3)C[C@@H](c3ccc(CO)cc3)O2)cc1)c1cccnc1. The van der Waals surface area contributed by atoms with Crippen LogP contribution in [-0.2, 0) is 22.6 Å². The number of aromatic amines is 1. The summed E-state index contributed by atoms with van der Waals surface area (Å²) in [6, 6.07) is 27.4. The van der Waals surface area contributed by atoms with Crippen molar-refractivity contribution < 1.29 is 19.4 Å². The molecule has 0 spiro atoms. The van der Waals surface area contributed by atoms with Crippen molar-refractivity contribution in [2.45, 2.75) is 57.0 Å². The lowest BCUT2D eigenvalue weighted by Crippen LogP contribution is -2.43. The highest BCUT2D eigenvalue weighted by Crippen LogP contribution is 2.38. The molecule has 0 aliphatic carbocycles. The van der Waals surface area contributed by atoms with E-state index in [1.54, 1.807) is 24.5 Å². The van der Waals surface area contributed by atoms with Crippen molar-refractivity contribution in [3.05, 3.63) is 136 Å². The van der Waals surface area contributed by atoms with E-state index >= 15 is 0 Å². The lowest BCUT2D eigenvalue weighted by molar-refractivity contribution is -0.253. The van der Waals surface area contributed by atoms with Crippen LogP contribution in [-0.4, -0.2) is 56.2 Å². The number of nitrogens with one attached hydrogen (secondary N) is 2. The number of likely N-dealkylation sites (tertiary alicyclic amines) is 1. The molecule has 0 bridgehead atoms. The minimum atomic E-state index is -0.558. The fraction of sp³-hybridized carbons (Fsp3) is 0.324. The van der Waals surface area contributed by atoms with Gasteiger partial charge in [-0.05, 0) is 53.8 Å². The monoisotopic (exact) mass is 633 g/mol. The Morgan fingerprint density at radius 3 is 2.40 bits per heavy atom. The maximum atomic E-state index is 12.8. The third kappa shape index (κ3) is 7.06. The molecule has 2 fully saturated rings. The Balaban J connectivity index is 1.02. The number of aromatic nitrogens is 3. The molecule has 3 atom stereocenters. The standard InChI is InChI=1S/C37H39N5O5/c43-24-26-9-11-27(12-10-26)34-20-31(23-41-18-15-30(16-19-41)42-33-6-2-1-5-32(33)40-37(42)45)46-36(47-34)28-13-7-25(8-14-28)21-39-35(44)29-4-3-17-38-22-29/h1-14,17,22,30-31,34,36,43H,15-16,18-21,23-24H2,(H,39,44)(H,40,45)/t31-,34+,36+/m1/s1. The number of aliphatic hydroxyl groups excluding tert-OH is 1. The van der Waals surface area contributed by atoms with Crippen LogP contribution in [0.5, 0.6) is 0 Å². The van der Waals surface area contributed by atoms with Crippen LogP contribution in [0.1, 0.15) is 70.3 Å². The van der Waals surface area contributed by atoms with Gasteiger partial charge in [0.2, 0.25) is 0 Å². The number of piperidine rings is 1. The van der Waals surface area contributed by atoms with Gasteiger partial charge in [0.05, 0.1) is 35.4 Å². The first-order valence-corrected chi connectivity index (χ1v) is 16.2. The van der Waals surface area contributed by atoms with E-state index in [9.17, 15) is 14.7 Å². The van der Waals surface area contributed by atoms with Gasteiger partial charge in [0.15, 0.2) is 6.29 Å². The summed E-state index contributed by atoms with van der Waals surface area (Å²) in [5.41, 5.74) is 6.10. The van der Waals surface area contributed by atoms with Gasteiger partial charge in [0.1, 0.15) is 0 Å². The minimum absolute atomic E-state index is 0.00413. The Morgan fingerprint density at radius 1 is 0.915 bits per heavy atom. The Kier molecular flexibility index (Phi) is 9.25. The van der Waals surface area contributed by atoms with Crippen molar-refractivity contribution >= 4 is 16.9 Å². The largest absolute Gasteiger partial charge is 0.392 e. The number of hydrogen-bond donors (Lipinski definition) is 3. The van der Waals surface area contributed by atoms with Crippen LogP contribution >= 0.6 is 0 Å². The van der Waals surface area contributed by atoms with Gasteiger partial charge in [-0.25, -0.2) is 4.79 Å². The number of amides is 1. The van der Waals surface area contributed by atoms with E-state index in [-0.39, 0.29) is 36.5 Å². The number of carbonyl (C=O) groups is 1. The summed E-state index contributed by atoms with van der Waals surface area (Å²) in [5, 5.41) is 12.5. The fourth-order valence-electron chi connectivity index (χ4n) is 6.69. The molecule has 10 heteroatoms. The van der Waals surface area contributed by atoms with Gasteiger partial charge in [-0.3, -0.25) is 14.3 Å². The average molecular weight is 634 g/mol. The zero-order valence-electron chi connectivity index (χ0n) is 26.1. The van der Waals surface area contributed by atoms with Crippen molar-refractivity contribution in [1.82, 2.24) is 24.8 Å². The van der Waals surface area contributed by atoms with Crippen LogP contribution in [0, 0.1) is 0 Å². The molecule has 0 unspecified atom stereocenters. The van der Waals surface area contributed by atoms with Gasteiger partial charge in [-0.2, -0.15) is 0 Å². The smallest absolute Gasteiger partial charge is 0.326 e. The van der Waals surface area contributed by atoms with Crippen LogP contribution < -0.4 is 11.0 Å². The molecule has 3 N–H and O–H groups in total. The summed E-state index contributed by atoms with van der Waals surface area (Å²) in [4.78, 5) is 34.7. The quantitative estimate of drug-likeness (QED) is 0.208. The summed E-state index contributed by atoms with van der Waals surface area (Å²) in [6.07, 6.45) is 4.87. The predicted molar refractivity (Wildman–Crippen MR) is 178 cm³/mol. The highest BCUT2D eigenvalue weighted by molar-refractivity contribution is 5.93. The number of nitrogens with zero attached hydrogens (tertiary/aromatic N) is 3. The number of benzene rings is 3. The third-order valence-corrected chi connectivity index (χ3v) is 9.25. The van der Waals surface area contributed by atoms with Gasteiger partial charge >= 0.3 is 5.69 Å². The highest BCUT2D eigenvalue weighted by atomic mass is 16.7. The maximum Gasteiger partial charge on any atom is 0.326 e. The molecule has 2 aliphatic heterocycles. The van der Waals surface area contributed by atoms with Crippen LogP contribution in [0.25, 0.3) is 11.0 Å². The second-order valence-electron chi connectivity index (χ2n) is 12.4. The second kappa shape index (κ2) is 14.0. The van der Waals surface area contributed by atoms with Crippen LogP contribution in [0.3, 0.4) is 0 Å². The first-order chi connectivity index (χ1) is 23.0. The Labute approximate surface area is 273 Å². The van der Waals surface area contributed by atoms with Crippen LogP contribution in [0.15, 0.2) is 102 Å². The molecule has 1 amide bonds. The lowest BCUT2D eigenvalue weighted by atomic mass is 9.98. The molecular formula is C37H39N5O5. The minimum Gasteiger partial charge on any atom is -0.392 e. The summed E-state index contributed by atoms with van der Waals surface area (Å²) >= 11 is 0. The third-order valence-electron chi connectivity index (χ3n) is 9.25. The number of ether oxygens (including phenoxy) is 2. The summed E-state index contributed by atoms with van der Waals surface area (Å²) in [5.74, 6) is -0.170. The molecule has 0 saturated carbocycles. The number of pyridine rings is 1. The summed E-state index contributed by atoms with van der Waals surface area (Å²) in [6.45, 7) is 2.90. The summed E-state index contributed by atoms with van der Waals surface area (Å²) in [7, 11) is 0. The first kappa shape index (κ1) is 31.0. The number of fused-ring (bicyclic) bond motifs is 1. The molecule has 7 rings (SSSR count). The number of aliphatic hydroxyl groups is 1. The van der Waals surface area contributed by atoms with E-state index in [1.165, 1.54) is 0 Å². The normalized spacial score (nSPS) is 20.7. The van der Waals surface area contributed by atoms with E-state index in [0.717, 1.165) is 65.8 Å². The maximum absolute atomic E-state index is 12.8. The number of rotatable bonds is 9. The van der Waals surface area contributed by atoms with Crippen molar-refractivity contribution in [1.29, 1.82) is 0 Å². The number of hydrogen-bond acceptors (Lipinski definition) is 7. The molecule has 10 nitrogen and oxygen atoms in total. The molecule has 0 radical (unpaired) electrons. The Hall–Kier alpha value is -4.61. The molecule has 3 aromatic carbocycles. The van der Waals surface area contributed by atoms with Crippen molar-refractivity contribution in [2.24, 2.45) is 0 Å². The highest BCUT2D eigenvalue weighted by Gasteiger charge is 2.34. The van der Waals surface area contributed by atoms with E-state index in [2.05, 4.69) is 20.2 Å². The Morgan fingerprint density at radius 2 is 1.66 bits per heavy atom. The number of carbonyl (C=O) groups excluding carboxylic acids is 1. The first-order valence-electron chi connectivity index (χ1n) is 16.2. The molecule has 2 aliphatic rings. The molecule has 4 heterocycles. The van der Waals surface area contributed by atoms with E-state index in [1.807, 2.05) is 77.4 Å². The van der Waals surface area contributed by atoms with Gasteiger partial charge in [0.25, 0.3) is 5.91 Å². The van der Waals surface area contributed by atoms with Crippen LogP contribution in [0.2, 0.25) is 0 Å². The topological polar surface area (TPSA) is 122 Å². The lowest BCUT2D eigenvalue weighted by Gasteiger charge is -2.40. The van der Waals surface area contributed by atoms with Crippen LogP contribution in [0.4, 0.5) is 0 Å². The van der Waals surface area contributed by atoms with E-state index in [4.69, 9.17) is 9.47 Å². The van der Waals surface area contributed by atoms with E-state index < -0.39 is 6.29 Å². The Bertz CT molecular complexity index is 1850. The van der Waals surface area contributed by atoms with E-state index in [0.29, 0.717) is 18.5 Å². The summed E-state index contributed by atoms with van der Waals surface area (Å²) < 4.78 is 15.1. The van der Waals surface area contributed by atoms with Crippen molar-refractivity contribution in [3.8, 4) is 0 Å². The molecule has 242 valence electrons. The van der Waals surface area contributed by atoms with Crippen molar-refractivity contribution in [3.63, 3.8) is 0 Å². The predicted octanol–water partition coefficient (Wildman–Crippen LogP) is 5.03. The second-order valence-corrected chi connectivity index (χ2v) is 12.4. The number of imidazole rings is 1. The van der Waals surface area contributed by atoms with Crippen molar-refractivity contribution in [2.75, 3.05) is 19.6 Å². The van der Waals surface area contributed by atoms with Gasteiger partial charge < -0.3 is 29.8 Å². The van der Waals surface area contributed by atoms with Gasteiger partial charge in [-0.15, -0.1) is 0 Å². The van der Waals surface area contributed by atoms with Gasteiger partial charge in [0, 0.05) is 56.6 Å². The average Bonchev–Trinajstić information content (AvgIpc) is 3.47. The fourth-order valence-corrected chi connectivity index (χ4v) is 6.69.